The number of aliphatic hydroxyl groups is 2. The predicted octanol–water partition coefficient (Wildman–Crippen LogP) is 10.3. The first-order chi connectivity index (χ1) is 24.2. The Labute approximate surface area is 305 Å². The van der Waals surface area contributed by atoms with Gasteiger partial charge in [0.2, 0.25) is 0 Å². The van der Waals surface area contributed by atoms with Gasteiger partial charge in [0.15, 0.2) is 6.10 Å². The fourth-order valence-corrected chi connectivity index (χ4v) is 6.60. The Morgan fingerprint density at radius 3 is 1.46 bits per heavy atom. The van der Waals surface area contributed by atoms with E-state index in [0.717, 1.165) is 57.8 Å². The van der Waals surface area contributed by atoms with Gasteiger partial charge >= 0.3 is 19.8 Å². The van der Waals surface area contributed by atoms with Crippen LogP contribution in [-0.2, 0) is 32.7 Å². The topological polar surface area (TPSA) is 149 Å². The highest BCUT2D eigenvalue weighted by Crippen LogP contribution is 2.43. The fourth-order valence-electron chi connectivity index (χ4n) is 5.81. The lowest BCUT2D eigenvalue weighted by molar-refractivity contribution is -0.161. The van der Waals surface area contributed by atoms with Crippen LogP contribution in [0.3, 0.4) is 0 Å². The lowest BCUT2D eigenvalue weighted by Gasteiger charge is -2.20. The molecular formula is C39H77O10P. The average molecular weight is 737 g/mol. The van der Waals surface area contributed by atoms with Crippen LogP contribution in [0.2, 0.25) is 0 Å². The molecule has 0 radical (unpaired) electrons. The minimum absolute atomic E-state index is 0.00753. The predicted molar refractivity (Wildman–Crippen MR) is 201 cm³/mol. The molecule has 50 heavy (non-hydrogen) atoms. The molecule has 0 saturated carbocycles. The molecule has 0 fully saturated rings. The number of rotatable bonds is 39. The van der Waals surface area contributed by atoms with E-state index < -0.39 is 32.6 Å². The molecule has 0 rings (SSSR count). The van der Waals surface area contributed by atoms with Crippen molar-refractivity contribution in [1.29, 1.82) is 0 Å². The van der Waals surface area contributed by atoms with Crippen molar-refractivity contribution in [2.24, 2.45) is 0 Å². The van der Waals surface area contributed by atoms with Crippen LogP contribution in [0.25, 0.3) is 0 Å². The summed E-state index contributed by atoms with van der Waals surface area (Å²) in [5.74, 6) is -0.835. The molecule has 298 valence electrons. The summed E-state index contributed by atoms with van der Waals surface area (Å²) in [5.41, 5.74) is 0. The molecule has 0 aliphatic carbocycles. The van der Waals surface area contributed by atoms with Gasteiger partial charge in [0.05, 0.1) is 25.9 Å². The Morgan fingerprint density at radius 2 is 0.980 bits per heavy atom. The second-order valence-corrected chi connectivity index (χ2v) is 15.5. The molecule has 0 aliphatic rings. The van der Waals surface area contributed by atoms with Crippen LogP contribution in [0.4, 0.5) is 0 Å². The minimum Gasteiger partial charge on any atom is -0.462 e. The molecule has 11 heteroatoms. The maximum atomic E-state index is 12.6. The molecule has 0 heterocycles. The Morgan fingerprint density at radius 1 is 0.560 bits per heavy atom. The number of aliphatic hydroxyl groups excluding tert-OH is 2. The Balaban J connectivity index is 4.48. The van der Waals surface area contributed by atoms with E-state index in [2.05, 4.69) is 13.8 Å². The van der Waals surface area contributed by atoms with Gasteiger partial charge in [0.25, 0.3) is 0 Å². The number of carbonyl (C=O) groups excluding carboxylic acids is 2. The number of hydrogen-bond donors (Lipinski definition) is 3. The van der Waals surface area contributed by atoms with Crippen LogP contribution in [0.15, 0.2) is 0 Å². The molecule has 10 nitrogen and oxygen atoms in total. The van der Waals surface area contributed by atoms with E-state index >= 15 is 0 Å². The molecule has 0 aromatic rings. The molecule has 3 N–H and O–H groups in total. The van der Waals surface area contributed by atoms with Crippen molar-refractivity contribution >= 4 is 19.8 Å². The normalized spacial score (nSPS) is 13.9. The van der Waals surface area contributed by atoms with Gasteiger partial charge in [-0.2, -0.15) is 0 Å². The number of phosphoric acid groups is 1. The zero-order chi connectivity index (χ0) is 37.0. The molecule has 2 unspecified atom stereocenters. The largest absolute Gasteiger partial charge is 0.472 e. The molecule has 0 amide bonds. The third-order valence-corrected chi connectivity index (χ3v) is 10.0. The van der Waals surface area contributed by atoms with Crippen molar-refractivity contribution in [1.82, 2.24) is 0 Å². The van der Waals surface area contributed by atoms with Crippen LogP contribution >= 0.6 is 7.82 Å². The Kier molecular flexibility index (Phi) is 35.6. The van der Waals surface area contributed by atoms with E-state index in [1.54, 1.807) is 0 Å². The van der Waals surface area contributed by atoms with Gasteiger partial charge < -0.3 is 24.6 Å². The second-order valence-electron chi connectivity index (χ2n) is 14.0. The van der Waals surface area contributed by atoms with E-state index in [0.29, 0.717) is 19.3 Å². The van der Waals surface area contributed by atoms with Gasteiger partial charge in [-0.25, -0.2) is 4.57 Å². The number of ether oxygens (including phenoxy) is 2. The molecule has 0 aliphatic heterocycles. The lowest BCUT2D eigenvalue weighted by Crippen LogP contribution is -2.29. The highest BCUT2D eigenvalue weighted by molar-refractivity contribution is 7.47. The number of phosphoric ester groups is 1. The Hall–Kier alpha value is -1.03. The monoisotopic (exact) mass is 737 g/mol. The van der Waals surface area contributed by atoms with Gasteiger partial charge in [-0.1, -0.05) is 162 Å². The van der Waals surface area contributed by atoms with Crippen molar-refractivity contribution < 1.29 is 47.8 Å². The van der Waals surface area contributed by atoms with Crippen molar-refractivity contribution in [2.75, 3.05) is 26.4 Å². The molecular weight excluding hydrogens is 659 g/mol. The number of hydrogen-bond acceptors (Lipinski definition) is 9. The lowest BCUT2D eigenvalue weighted by atomic mass is 10.1. The number of unbranched alkanes of at least 4 members (excludes halogenated alkanes) is 23. The summed E-state index contributed by atoms with van der Waals surface area (Å²) in [7, 11) is -4.41. The summed E-state index contributed by atoms with van der Waals surface area (Å²) in [6.45, 7) is 3.53. The first kappa shape index (κ1) is 49.0. The van der Waals surface area contributed by atoms with Crippen molar-refractivity contribution in [2.45, 2.75) is 212 Å². The zero-order valence-corrected chi connectivity index (χ0v) is 33.0. The summed E-state index contributed by atoms with van der Waals surface area (Å²) in [5, 5.41) is 18.3. The summed E-state index contributed by atoms with van der Waals surface area (Å²) >= 11 is 0. The molecule has 0 aromatic carbocycles. The third-order valence-electron chi connectivity index (χ3n) is 9.02. The van der Waals surface area contributed by atoms with Gasteiger partial charge in [0.1, 0.15) is 6.61 Å². The standard InChI is InChI=1S/C39H77O10P/c1-3-5-7-9-11-13-15-17-19-21-26-30-38(42)46-34-37(35-48-50(44,45)47-32-28-24-23-25-29-36(41)33-40)49-39(43)31-27-22-20-18-16-14-12-10-8-6-4-2/h36-37,40-41H,3-35H2,1-2H3,(H,44,45)/t36?,37-/m1/s1. The highest BCUT2D eigenvalue weighted by atomic mass is 31.2. The van der Waals surface area contributed by atoms with Crippen LogP contribution in [0.5, 0.6) is 0 Å². The highest BCUT2D eigenvalue weighted by Gasteiger charge is 2.26. The molecule has 0 spiro atoms. The van der Waals surface area contributed by atoms with Crippen LogP contribution < -0.4 is 0 Å². The zero-order valence-electron chi connectivity index (χ0n) is 32.1. The van der Waals surface area contributed by atoms with Gasteiger partial charge in [-0.15, -0.1) is 0 Å². The third kappa shape index (κ3) is 35.4. The minimum atomic E-state index is -4.41. The average Bonchev–Trinajstić information content (AvgIpc) is 3.10. The SMILES string of the molecule is CCCCCCCCCCCCCC(=O)OC[C@H](COP(=O)(O)OCCCCCCC(O)CO)OC(=O)CCCCCCCCCCCCC. The van der Waals surface area contributed by atoms with E-state index in [1.807, 2.05) is 0 Å². The van der Waals surface area contributed by atoms with Crippen LogP contribution in [-0.4, -0.2) is 65.7 Å². The molecule has 3 atom stereocenters. The summed E-state index contributed by atoms with van der Waals surface area (Å²) in [6, 6.07) is 0. The molecule has 0 bridgehead atoms. The van der Waals surface area contributed by atoms with Crippen molar-refractivity contribution in [3.8, 4) is 0 Å². The molecule has 0 aromatic heterocycles. The summed E-state index contributed by atoms with van der Waals surface area (Å²) in [6.07, 6.45) is 27.9. The van der Waals surface area contributed by atoms with E-state index in [1.165, 1.54) is 96.3 Å². The van der Waals surface area contributed by atoms with Crippen LogP contribution in [0, 0.1) is 0 Å². The van der Waals surface area contributed by atoms with Gasteiger partial charge in [-0.05, 0) is 25.7 Å². The van der Waals surface area contributed by atoms with Gasteiger partial charge in [0, 0.05) is 12.8 Å². The van der Waals surface area contributed by atoms with Gasteiger partial charge in [-0.3, -0.25) is 18.6 Å². The second kappa shape index (κ2) is 36.3. The Bertz CT molecular complexity index is 812. The number of esters is 2. The fraction of sp³-hybridized carbons (Fsp3) is 0.949. The summed E-state index contributed by atoms with van der Waals surface area (Å²) in [4.78, 5) is 35.2. The van der Waals surface area contributed by atoms with E-state index in [9.17, 15) is 24.2 Å². The first-order valence-corrected chi connectivity index (χ1v) is 22.0. The van der Waals surface area contributed by atoms with Crippen LogP contribution in [0.1, 0.15) is 200 Å². The maximum absolute atomic E-state index is 12.6. The van der Waals surface area contributed by atoms with E-state index in [4.69, 9.17) is 23.6 Å². The van der Waals surface area contributed by atoms with Crippen molar-refractivity contribution in [3.63, 3.8) is 0 Å². The first-order valence-electron chi connectivity index (χ1n) is 20.5. The van der Waals surface area contributed by atoms with E-state index in [-0.39, 0.29) is 38.6 Å². The quantitative estimate of drug-likeness (QED) is 0.0316. The smallest absolute Gasteiger partial charge is 0.462 e. The number of carbonyl (C=O) groups is 2. The van der Waals surface area contributed by atoms with Crippen molar-refractivity contribution in [3.05, 3.63) is 0 Å². The maximum Gasteiger partial charge on any atom is 0.472 e. The summed E-state index contributed by atoms with van der Waals surface area (Å²) < 4.78 is 33.6. The molecule has 0 saturated heterocycles.